The molecule has 1 aromatic rings. The quantitative estimate of drug-likeness (QED) is 0.559. The first-order chi connectivity index (χ1) is 6.90. The van der Waals surface area contributed by atoms with E-state index in [2.05, 4.69) is 0 Å². The van der Waals surface area contributed by atoms with E-state index in [1.807, 2.05) is 0 Å². The molecule has 0 spiro atoms. The van der Waals surface area contributed by atoms with Gasteiger partial charge < -0.3 is 0 Å². The van der Waals surface area contributed by atoms with Gasteiger partial charge in [0.05, 0.1) is 17.2 Å². The van der Waals surface area contributed by atoms with Gasteiger partial charge in [-0.15, -0.1) is 11.6 Å². The summed E-state index contributed by atoms with van der Waals surface area (Å²) in [6.07, 6.45) is -4.51. The average Bonchev–Trinajstić information content (AvgIpc) is 2.14. The van der Waals surface area contributed by atoms with Crippen molar-refractivity contribution in [3.8, 4) is 6.07 Å². The van der Waals surface area contributed by atoms with Crippen LogP contribution in [0.2, 0.25) is 0 Å². The van der Waals surface area contributed by atoms with Crippen molar-refractivity contribution >= 4 is 34.2 Å². The van der Waals surface area contributed by atoms with E-state index in [-0.39, 0.29) is 15.0 Å². The molecular weight excluding hydrogens is 341 g/mol. The van der Waals surface area contributed by atoms with Gasteiger partial charge in [-0.25, -0.2) is 0 Å². The standard InChI is InChI=1S/C9H4ClF3IN/c10-3-5-1-6(4-15)8(7(14)2-5)9(11,12)13/h1-2H,3H2. The van der Waals surface area contributed by atoms with Crippen molar-refractivity contribution in [2.45, 2.75) is 12.1 Å². The third-order valence-corrected chi connectivity index (χ3v) is 2.87. The minimum Gasteiger partial charge on any atom is -0.192 e. The molecular formula is C9H4ClF3IN. The molecule has 0 amide bonds. The molecule has 0 radical (unpaired) electrons. The van der Waals surface area contributed by atoms with Crippen molar-refractivity contribution in [3.05, 3.63) is 32.4 Å². The fourth-order valence-corrected chi connectivity index (χ4v) is 2.27. The summed E-state index contributed by atoms with van der Waals surface area (Å²) in [4.78, 5) is 0. The van der Waals surface area contributed by atoms with Gasteiger partial charge in [0, 0.05) is 9.45 Å². The number of alkyl halides is 4. The van der Waals surface area contributed by atoms with E-state index in [0.717, 1.165) is 6.07 Å². The molecule has 0 atom stereocenters. The van der Waals surface area contributed by atoms with E-state index in [1.165, 1.54) is 12.1 Å². The highest BCUT2D eigenvalue weighted by Crippen LogP contribution is 2.36. The first-order valence-electron chi connectivity index (χ1n) is 3.76. The first kappa shape index (κ1) is 12.6. The monoisotopic (exact) mass is 345 g/mol. The molecule has 1 rings (SSSR count). The van der Waals surface area contributed by atoms with Crippen molar-refractivity contribution in [1.82, 2.24) is 0 Å². The lowest BCUT2D eigenvalue weighted by Crippen LogP contribution is -2.11. The molecule has 0 aliphatic carbocycles. The Balaban J connectivity index is 3.47. The summed E-state index contributed by atoms with van der Waals surface area (Å²) in [5.41, 5.74) is -0.768. The maximum atomic E-state index is 12.5. The Morgan fingerprint density at radius 3 is 2.40 bits per heavy atom. The van der Waals surface area contributed by atoms with Crippen molar-refractivity contribution in [1.29, 1.82) is 5.26 Å². The Bertz CT molecular complexity index is 423. The second-order valence-electron chi connectivity index (χ2n) is 2.74. The van der Waals surface area contributed by atoms with Gasteiger partial charge in [-0.2, -0.15) is 18.4 Å². The molecule has 1 aromatic carbocycles. The van der Waals surface area contributed by atoms with E-state index in [1.54, 1.807) is 22.6 Å². The molecule has 0 saturated heterocycles. The van der Waals surface area contributed by atoms with Crippen molar-refractivity contribution in [2.75, 3.05) is 0 Å². The van der Waals surface area contributed by atoms with Gasteiger partial charge in [0.15, 0.2) is 0 Å². The molecule has 0 aliphatic heterocycles. The minimum absolute atomic E-state index is 0.00481. The van der Waals surface area contributed by atoms with E-state index in [4.69, 9.17) is 16.9 Å². The second-order valence-corrected chi connectivity index (χ2v) is 4.17. The predicted octanol–water partition coefficient (Wildman–Crippen LogP) is 3.92. The Kier molecular flexibility index (Phi) is 3.84. The topological polar surface area (TPSA) is 23.8 Å². The first-order valence-corrected chi connectivity index (χ1v) is 5.37. The lowest BCUT2D eigenvalue weighted by Gasteiger charge is -2.12. The molecule has 1 nitrogen and oxygen atoms in total. The molecule has 0 aromatic heterocycles. The van der Waals surface area contributed by atoms with Gasteiger partial charge in [-0.1, -0.05) is 0 Å². The Morgan fingerprint density at radius 1 is 1.40 bits per heavy atom. The van der Waals surface area contributed by atoms with Crippen molar-refractivity contribution < 1.29 is 13.2 Å². The maximum Gasteiger partial charge on any atom is 0.418 e. The molecule has 0 fully saturated rings. The van der Waals surface area contributed by atoms with Crippen LogP contribution in [0.4, 0.5) is 13.2 Å². The van der Waals surface area contributed by atoms with E-state index >= 15 is 0 Å². The number of halogens is 5. The maximum absolute atomic E-state index is 12.5. The number of nitrogens with zero attached hydrogens (tertiary/aromatic N) is 1. The normalized spacial score (nSPS) is 11.2. The highest BCUT2D eigenvalue weighted by molar-refractivity contribution is 14.1. The second kappa shape index (κ2) is 4.58. The number of nitriles is 1. The van der Waals surface area contributed by atoms with Gasteiger partial charge in [0.2, 0.25) is 0 Å². The van der Waals surface area contributed by atoms with Crippen LogP contribution in [0.25, 0.3) is 0 Å². The molecule has 80 valence electrons. The van der Waals surface area contributed by atoms with E-state index in [9.17, 15) is 13.2 Å². The molecule has 6 heteroatoms. The number of rotatable bonds is 1. The van der Waals surface area contributed by atoms with Gasteiger partial charge in [-0.3, -0.25) is 0 Å². The summed E-state index contributed by atoms with van der Waals surface area (Å²) in [7, 11) is 0. The van der Waals surface area contributed by atoms with Crippen LogP contribution in [0.15, 0.2) is 12.1 Å². The van der Waals surface area contributed by atoms with Crippen LogP contribution >= 0.6 is 34.2 Å². The van der Waals surface area contributed by atoms with Gasteiger partial charge in [0.25, 0.3) is 0 Å². The largest absolute Gasteiger partial charge is 0.418 e. The lowest BCUT2D eigenvalue weighted by atomic mass is 10.1. The molecule has 0 saturated carbocycles. The van der Waals surface area contributed by atoms with Crippen molar-refractivity contribution in [2.24, 2.45) is 0 Å². The molecule has 0 unspecified atom stereocenters. The van der Waals surface area contributed by atoms with Crippen LogP contribution in [0.3, 0.4) is 0 Å². The van der Waals surface area contributed by atoms with Gasteiger partial charge in [-0.05, 0) is 40.3 Å². The Morgan fingerprint density at radius 2 is 2.00 bits per heavy atom. The van der Waals surface area contributed by atoms with E-state index in [0.29, 0.717) is 5.56 Å². The third-order valence-electron chi connectivity index (χ3n) is 1.71. The Labute approximate surface area is 103 Å². The number of hydrogen-bond acceptors (Lipinski definition) is 1. The third kappa shape index (κ3) is 2.75. The fourth-order valence-electron chi connectivity index (χ4n) is 1.12. The zero-order valence-corrected chi connectivity index (χ0v) is 10.1. The van der Waals surface area contributed by atoms with Crippen LogP contribution in [0, 0.1) is 14.9 Å². The summed E-state index contributed by atoms with van der Waals surface area (Å²) in [5.74, 6) is 0.0861. The Hall–Kier alpha value is -0.480. The molecule has 0 N–H and O–H groups in total. The summed E-state index contributed by atoms with van der Waals surface area (Å²) in [6, 6.07) is 4.03. The molecule has 0 bridgehead atoms. The molecule has 0 aliphatic rings. The summed E-state index contributed by atoms with van der Waals surface area (Å²) >= 11 is 7.05. The van der Waals surface area contributed by atoms with Crippen LogP contribution in [-0.2, 0) is 12.1 Å². The average molecular weight is 345 g/mol. The predicted molar refractivity (Wildman–Crippen MR) is 58.4 cm³/mol. The highest BCUT2D eigenvalue weighted by Gasteiger charge is 2.36. The molecule has 15 heavy (non-hydrogen) atoms. The zero-order valence-electron chi connectivity index (χ0n) is 7.20. The molecule has 0 heterocycles. The van der Waals surface area contributed by atoms with Crippen molar-refractivity contribution in [3.63, 3.8) is 0 Å². The van der Waals surface area contributed by atoms with Gasteiger partial charge in [0.1, 0.15) is 0 Å². The van der Waals surface area contributed by atoms with Crippen LogP contribution in [0.1, 0.15) is 16.7 Å². The number of hydrogen-bond donors (Lipinski definition) is 0. The lowest BCUT2D eigenvalue weighted by molar-refractivity contribution is -0.138. The highest BCUT2D eigenvalue weighted by atomic mass is 127. The summed E-state index contributed by atoms with van der Waals surface area (Å²) < 4.78 is 37.6. The SMILES string of the molecule is N#Cc1cc(CCl)cc(I)c1C(F)(F)F. The van der Waals surface area contributed by atoms with Gasteiger partial charge >= 0.3 is 6.18 Å². The summed E-state index contributed by atoms with van der Waals surface area (Å²) in [5, 5.41) is 8.63. The van der Waals surface area contributed by atoms with E-state index < -0.39 is 11.7 Å². The smallest absolute Gasteiger partial charge is 0.192 e. The zero-order chi connectivity index (χ0) is 11.6. The summed E-state index contributed by atoms with van der Waals surface area (Å²) in [6.45, 7) is 0. The van der Waals surface area contributed by atoms with Crippen LogP contribution < -0.4 is 0 Å². The fraction of sp³-hybridized carbons (Fsp3) is 0.222. The van der Waals surface area contributed by atoms with Crippen LogP contribution in [0.5, 0.6) is 0 Å². The number of benzene rings is 1. The van der Waals surface area contributed by atoms with Crippen LogP contribution in [-0.4, -0.2) is 0 Å². The minimum atomic E-state index is -4.51.